The molecule has 2 amide bonds. The first-order valence-electron chi connectivity index (χ1n) is 9.91. The van der Waals surface area contributed by atoms with E-state index in [1.165, 1.54) is 22.3 Å². The van der Waals surface area contributed by atoms with Crippen LogP contribution in [0.15, 0.2) is 30.3 Å². The van der Waals surface area contributed by atoms with E-state index in [1.54, 1.807) is 12.1 Å². The summed E-state index contributed by atoms with van der Waals surface area (Å²) in [5.74, 6) is -0.236. The third-order valence-corrected chi connectivity index (χ3v) is 7.60. The molecule has 0 saturated carbocycles. The molecule has 0 bridgehead atoms. The third kappa shape index (κ3) is 4.73. The highest BCUT2D eigenvalue weighted by atomic mass is 35.5. The van der Waals surface area contributed by atoms with Crippen LogP contribution in [0.5, 0.6) is 0 Å². The average molecular weight is 431 g/mol. The van der Waals surface area contributed by atoms with Crippen molar-refractivity contribution in [2.75, 3.05) is 5.32 Å². The van der Waals surface area contributed by atoms with E-state index >= 15 is 0 Å². The molecular weight excluding hydrogens is 404 g/mol. The number of fused-ring (bicyclic) bond motifs is 1. The molecule has 0 spiro atoms. The van der Waals surface area contributed by atoms with E-state index in [1.807, 2.05) is 18.2 Å². The number of hydrogen-bond donors (Lipinski definition) is 2. The first-order valence-corrected chi connectivity index (χ1v) is 11.1. The summed E-state index contributed by atoms with van der Waals surface area (Å²) in [6.07, 6.45) is 6.97. The van der Waals surface area contributed by atoms with Gasteiger partial charge in [0.2, 0.25) is 5.91 Å². The Bertz CT molecular complexity index is 962. The van der Waals surface area contributed by atoms with Gasteiger partial charge in [0.15, 0.2) is 0 Å². The largest absolute Gasteiger partial charge is 0.365 e. The second-order valence-electron chi connectivity index (χ2n) is 8.20. The Morgan fingerprint density at radius 3 is 2.72 bits per heavy atom. The molecule has 4 nitrogen and oxygen atoms in total. The zero-order chi connectivity index (χ0) is 21.2. The number of nitrogens with two attached hydrogens (primary N) is 1. The van der Waals surface area contributed by atoms with Crippen molar-refractivity contribution in [2.24, 2.45) is 17.1 Å². The number of benzene rings is 1. The van der Waals surface area contributed by atoms with E-state index in [9.17, 15) is 9.59 Å². The summed E-state index contributed by atoms with van der Waals surface area (Å²) in [4.78, 5) is 25.8. The molecule has 1 unspecified atom stereocenters. The van der Waals surface area contributed by atoms with Crippen LogP contribution in [0.4, 0.5) is 5.00 Å². The van der Waals surface area contributed by atoms with E-state index in [4.69, 9.17) is 17.3 Å². The van der Waals surface area contributed by atoms with E-state index in [2.05, 4.69) is 26.1 Å². The summed E-state index contributed by atoms with van der Waals surface area (Å²) < 4.78 is 0. The average Bonchev–Trinajstić information content (AvgIpc) is 3.04. The zero-order valence-corrected chi connectivity index (χ0v) is 18.6. The van der Waals surface area contributed by atoms with Crippen LogP contribution in [0.2, 0.25) is 5.02 Å². The molecule has 1 aliphatic carbocycles. The molecule has 3 rings (SSSR count). The highest BCUT2D eigenvalue weighted by Gasteiger charge is 2.34. The number of carbonyl (C=O) groups excluding carboxylic acids is 2. The summed E-state index contributed by atoms with van der Waals surface area (Å²) in [5, 5.41) is 3.98. The lowest BCUT2D eigenvalue weighted by molar-refractivity contribution is -0.111. The maximum atomic E-state index is 12.5. The van der Waals surface area contributed by atoms with E-state index < -0.39 is 5.91 Å². The van der Waals surface area contributed by atoms with Gasteiger partial charge in [-0.25, -0.2) is 0 Å². The van der Waals surface area contributed by atoms with Crippen molar-refractivity contribution in [3.63, 3.8) is 0 Å². The van der Waals surface area contributed by atoms with E-state index in [0.717, 1.165) is 36.8 Å². The lowest BCUT2D eigenvalue weighted by Crippen LogP contribution is -2.29. The number of carbonyl (C=O) groups is 2. The highest BCUT2D eigenvalue weighted by molar-refractivity contribution is 7.17. The van der Waals surface area contributed by atoms with Gasteiger partial charge in [0, 0.05) is 16.0 Å². The molecule has 3 N–H and O–H groups in total. The SMILES string of the molecule is CCC(C)(C)C1CCc2c(sc(NC(=O)/C=C/c3ccccc3Cl)c2C(N)=O)C1. The lowest BCUT2D eigenvalue weighted by atomic mass is 9.69. The number of primary amides is 1. The maximum Gasteiger partial charge on any atom is 0.251 e. The monoisotopic (exact) mass is 430 g/mol. The summed E-state index contributed by atoms with van der Waals surface area (Å²) in [5.41, 5.74) is 8.16. The Morgan fingerprint density at radius 1 is 1.34 bits per heavy atom. The summed E-state index contributed by atoms with van der Waals surface area (Å²) in [6, 6.07) is 7.30. The Hall–Kier alpha value is -2.11. The smallest absolute Gasteiger partial charge is 0.251 e. The number of hydrogen-bond acceptors (Lipinski definition) is 3. The standard InChI is InChI=1S/C23H27ClN2O2S/c1-4-23(2,3)15-10-11-16-18(13-15)29-22(20(16)21(25)28)26-19(27)12-9-14-7-5-6-8-17(14)24/h5-9,12,15H,4,10-11,13H2,1-3H3,(H2,25,28)(H,26,27)/b12-9+. The Kier molecular flexibility index (Phi) is 6.49. The number of anilines is 1. The van der Waals surface area contributed by atoms with Crippen molar-refractivity contribution < 1.29 is 9.59 Å². The van der Waals surface area contributed by atoms with Gasteiger partial charge in [0.1, 0.15) is 5.00 Å². The molecule has 6 heteroatoms. The first-order chi connectivity index (χ1) is 13.7. The fraction of sp³-hybridized carbons (Fsp3) is 0.391. The molecule has 29 heavy (non-hydrogen) atoms. The predicted molar refractivity (Wildman–Crippen MR) is 122 cm³/mol. The van der Waals surface area contributed by atoms with Gasteiger partial charge in [-0.05, 0) is 53.9 Å². The first kappa shape index (κ1) is 21.6. The third-order valence-electron chi connectivity index (χ3n) is 6.08. The Morgan fingerprint density at radius 2 is 2.07 bits per heavy atom. The van der Waals surface area contributed by atoms with Gasteiger partial charge in [-0.1, -0.05) is 57.0 Å². The van der Waals surface area contributed by atoms with Gasteiger partial charge < -0.3 is 11.1 Å². The van der Waals surface area contributed by atoms with Gasteiger partial charge in [-0.3, -0.25) is 9.59 Å². The number of rotatable bonds is 6. The molecule has 1 aromatic heterocycles. The van der Waals surface area contributed by atoms with Crippen LogP contribution < -0.4 is 11.1 Å². The van der Waals surface area contributed by atoms with Crippen LogP contribution in [0.1, 0.15) is 60.0 Å². The predicted octanol–water partition coefficient (Wildman–Crippen LogP) is 5.69. The van der Waals surface area contributed by atoms with E-state index in [-0.39, 0.29) is 11.3 Å². The van der Waals surface area contributed by atoms with Crippen molar-refractivity contribution >= 4 is 45.8 Å². The molecule has 1 atom stereocenters. The van der Waals surface area contributed by atoms with Crippen molar-refractivity contribution in [3.05, 3.63) is 56.9 Å². The molecular formula is C23H27ClN2O2S. The van der Waals surface area contributed by atoms with Crippen molar-refractivity contribution in [3.8, 4) is 0 Å². The molecule has 1 heterocycles. The van der Waals surface area contributed by atoms with Crippen molar-refractivity contribution in [2.45, 2.75) is 46.5 Å². The molecule has 0 radical (unpaired) electrons. The van der Waals surface area contributed by atoms with Gasteiger partial charge >= 0.3 is 0 Å². The highest BCUT2D eigenvalue weighted by Crippen LogP contribution is 2.45. The van der Waals surface area contributed by atoms with Crippen LogP contribution in [0.3, 0.4) is 0 Å². The van der Waals surface area contributed by atoms with Crippen LogP contribution in [0, 0.1) is 11.3 Å². The Balaban J connectivity index is 1.82. The minimum atomic E-state index is -0.485. The van der Waals surface area contributed by atoms with Crippen molar-refractivity contribution in [1.29, 1.82) is 0 Å². The molecule has 1 aromatic carbocycles. The number of halogens is 1. The zero-order valence-electron chi connectivity index (χ0n) is 17.0. The van der Waals surface area contributed by atoms with E-state index in [0.29, 0.717) is 21.5 Å². The fourth-order valence-corrected chi connectivity index (χ4v) is 5.35. The molecule has 2 aromatic rings. The molecule has 1 aliphatic rings. The second kappa shape index (κ2) is 8.72. The van der Waals surface area contributed by atoms with Crippen LogP contribution >= 0.6 is 22.9 Å². The summed E-state index contributed by atoms with van der Waals surface area (Å²) in [6.45, 7) is 6.82. The van der Waals surface area contributed by atoms with Gasteiger partial charge in [0.05, 0.1) is 5.56 Å². The number of nitrogens with one attached hydrogen (secondary N) is 1. The quantitative estimate of drug-likeness (QED) is 0.577. The van der Waals surface area contributed by atoms with Gasteiger partial charge in [-0.2, -0.15) is 0 Å². The molecule has 0 fully saturated rings. The number of amides is 2. The van der Waals surface area contributed by atoms with Crippen molar-refractivity contribution in [1.82, 2.24) is 0 Å². The normalized spacial score (nSPS) is 16.6. The Labute approximate surface area is 181 Å². The molecule has 0 aliphatic heterocycles. The topological polar surface area (TPSA) is 72.2 Å². The summed E-state index contributed by atoms with van der Waals surface area (Å²) >= 11 is 7.60. The van der Waals surface area contributed by atoms with Crippen LogP contribution in [-0.4, -0.2) is 11.8 Å². The van der Waals surface area contributed by atoms with Crippen LogP contribution in [0.25, 0.3) is 6.08 Å². The second-order valence-corrected chi connectivity index (χ2v) is 9.71. The fourth-order valence-electron chi connectivity index (χ4n) is 3.82. The molecule has 154 valence electrons. The number of thiophene rings is 1. The molecule has 0 saturated heterocycles. The minimum Gasteiger partial charge on any atom is -0.365 e. The van der Waals surface area contributed by atoms with Gasteiger partial charge in [-0.15, -0.1) is 11.3 Å². The maximum absolute atomic E-state index is 12.5. The minimum absolute atomic E-state index is 0.246. The van der Waals surface area contributed by atoms with Crippen LogP contribution in [-0.2, 0) is 17.6 Å². The summed E-state index contributed by atoms with van der Waals surface area (Å²) in [7, 11) is 0. The van der Waals surface area contributed by atoms with Gasteiger partial charge in [0.25, 0.3) is 5.91 Å². The lowest BCUT2D eigenvalue weighted by Gasteiger charge is -2.36.